The van der Waals surface area contributed by atoms with E-state index in [1.54, 1.807) is 30.9 Å². The van der Waals surface area contributed by atoms with E-state index in [-0.39, 0.29) is 17.5 Å². The van der Waals surface area contributed by atoms with Crippen LogP contribution in [0.15, 0.2) is 18.2 Å². The molecule has 5 nitrogen and oxygen atoms in total. The molecule has 1 aliphatic rings. The van der Waals surface area contributed by atoms with E-state index in [1.807, 2.05) is 7.05 Å². The third-order valence-electron chi connectivity index (χ3n) is 4.77. The molecule has 2 heterocycles. The number of nitrogens with zero attached hydrogens (tertiary/aromatic N) is 3. The number of likely N-dealkylation sites (tertiary alicyclic amines) is 1. The molecule has 1 unspecified atom stereocenters. The average Bonchev–Trinajstić information content (AvgIpc) is 3.17. The summed E-state index contributed by atoms with van der Waals surface area (Å²) in [5.74, 6) is -0.676. The molecule has 1 saturated heterocycles. The van der Waals surface area contributed by atoms with Crippen molar-refractivity contribution >= 4 is 16.9 Å². The summed E-state index contributed by atoms with van der Waals surface area (Å²) in [7, 11) is 1.88. The van der Waals surface area contributed by atoms with E-state index in [9.17, 15) is 18.0 Å². The summed E-state index contributed by atoms with van der Waals surface area (Å²) in [6, 6.07) is 4.24. The van der Waals surface area contributed by atoms with Crippen LogP contribution in [0.2, 0.25) is 0 Å². The van der Waals surface area contributed by atoms with Crippen LogP contribution in [0.1, 0.15) is 42.5 Å². The second-order valence-corrected chi connectivity index (χ2v) is 7.06. The molecule has 8 heteroatoms. The van der Waals surface area contributed by atoms with Gasteiger partial charge in [-0.25, -0.2) is 4.98 Å². The first-order valence-electron chi connectivity index (χ1n) is 8.75. The highest BCUT2D eigenvalue weighted by Gasteiger charge is 2.38. The van der Waals surface area contributed by atoms with Gasteiger partial charge in [-0.1, -0.05) is 0 Å². The third kappa shape index (κ3) is 3.42. The van der Waals surface area contributed by atoms with E-state index in [1.165, 1.54) is 10.6 Å². The van der Waals surface area contributed by atoms with Crippen LogP contribution in [0.3, 0.4) is 0 Å². The fourth-order valence-corrected chi connectivity index (χ4v) is 3.61. The number of nitrogens with one attached hydrogen (secondary N) is 1. The maximum Gasteiger partial charge on any atom is 0.449 e. The molecule has 2 aromatic rings. The van der Waals surface area contributed by atoms with Gasteiger partial charge < -0.3 is 14.8 Å². The zero-order valence-electron chi connectivity index (χ0n) is 15.1. The Morgan fingerprint density at radius 1 is 1.38 bits per heavy atom. The number of aromatic nitrogens is 2. The van der Waals surface area contributed by atoms with Gasteiger partial charge in [0.05, 0.1) is 11.0 Å². The Bertz CT molecular complexity index is 813. The predicted molar refractivity (Wildman–Crippen MR) is 93.1 cm³/mol. The number of rotatable bonds is 4. The number of alkyl halides is 3. The van der Waals surface area contributed by atoms with E-state index >= 15 is 0 Å². The molecule has 1 atom stereocenters. The van der Waals surface area contributed by atoms with Crippen LogP contribution < -0.4 is 5.32 Å². The lowest BCUT2D eigenvalue weighted by Crippen LogP contribution is -2.30. The summed E-state index contributed by atoms with van der Waals surface area (Å²) in [4.78, 5) is 18.2. The molecule has 1 aromatic carbocycles. The smallest absolute Gasteiger partial charge is 0.338 e. The first-order valence-corrected chi connectivity index (χ1v) is 8.75. The average molecular weight is 368 g/mol. The number of amides is 1. The second-order valence-electron chi connectivity index (χ2n) is 7.06. The lowest BCUT2D eigenvalue weighted by molar-refractivity contribution is -0.147. The third-order valence-corrected chi connectivity index (χ3v) is 4.77. The lowest BCUT2D eigenvalue weighted by Gasteiger charge is -2.17. The highest BCUT2D eigenvalue weighted by Crippen LogP contribution is 2.34. The highest BCUT2D eigenvalue weighted by atomic mass is 19.4. The number of carbonyl (C=O) groups is 1. The summed E-state index contributed by atoms with van der Waals surface area (Å²) >= 11 is 0. The Morgan fingerprint density at radius 3 is 2.73 bits per heavy atom. The largest absolute Gasteiger partial charge is 0.449 e. The predicted octanol–water partition coefficient (Wildman–Crippen LogP) is 3.32. The molecule has 0 spiro atoms. The molecule has 26 heavy (non-hydrogen) atoms. The summed E-state index contributed by atoms with van der Waals surface area (Å²) in [6.07, 6.45) is -3.61. The van der Waals surface area contributed by atoms with Crippen LogP contribution in [0.5, 0.6) is 0 Å². The number of fused-ring (bicyclic) bond motifs is 1. The Balaban J connectivity index is 1.94. The molecular formula is C18H23F3N4O. The molecular weight excluding hydrogens is 345 g/mol. The molecule has 1 amide bonds. The normalized spacial score (nSPS) is 18.3. The first kappa shape index (κ1) is 18.7. The van der Waals surface area contributed by atoms with Gasteiger partial charge in [0.25, 0.3) is 5.91 Å². The molecule has 1 N–H and O–H groups in total. The maximum atomic E-state index is 13.3. The molecule has 0 radical (unpaired) electrons. The van der Waals surface area contributed by atoms with Crippen LogP contribution >= 0.6 is 0 Å². The summed E-state index contributed by atoms with van der Waals surface area (Å²) < 4.78 is 41.1. The zero-order chi connectivity index (χ0) is 19.1. The number of hydrogen-bond acceptors (Lipinski definition) is 3. The zero-order valence-corrected chi connectivity index (χ0v) is 15.1. The molecule has 0 saturated carbocycles. The maximum absolute atomic E-state index is 13.3. The topological polar surface area (TPSA) is 50.2 Å². The molecule has 1 aliphatic heterocycles. The van der Waals surface area contributed by atoms with E-state index in [0.29, 0.717) is 30.1 Å². The van der Waals surface area contributed by atoms with Gasteiger partial charge in [-0.15, -0.1) is 0 Å². The molecule has 0 aliphatic carbocycles. The van der Waals surface area contributed by atoms with Crippen molar-refractivity contribution in [1.82, 2.24) is 19.8 Å². The monoisotopic (exact) mass is 368 g/mol. The van der Waals surface area contributed by atoms with Crippen LogP contribution in [-0.4, -0.2) is 47.0 Å². The van der Waals surface area contributed by atoms with Crippen molar-refractivity contribution in [3.63, 3.8) is 0 Å². The molecule has 3 rings (SSSR count). The van der Waals surface area contributed by atoms with Crippen molar-refractivity contribution < 1.29 is 18.0 Å². The highest BCUT2D eigenvalue weighted by molar-refractivity contribution is 5.97. The number of halogens is 3. The number of carbonyl (C=O) groups excluding carboxylic acids is 1. The fourth-order valence-electron chi connectivity index (χ4n) is 3.61. The fraction of sp³-hybridized carbons (Fsp3) is 0.556. The van der Waals surface area contributed by atoms with Crippen LogP contribution in [-0.2, 0) is 6.18 Å². The van der Waals surface area contributed by atoms with Crippen molar-refractivity contribution in [1.29, 1.82) is 0 Å². The van der Waals surface area contributed by atoms with Gasteiger partial charge in [0.1, 0.15) is 0 Å². The second kappa shape index (κ2) is 6.90. The van der Waals surface area contributed by atoms with Gasteiger partial charge in [0.2, 0.25) is 5.82 Å². The van der Waals surface area contributed by atoms with E-state index in [4.69, 9.17) is 0 Å². The summed E-state index contributed by atoms with van der Waals surface area (Å²) in [6.45, 7) is 5.53. The Kier molecular flexibility index (Phi) is 4.96. The molecule has 142 valence electrons. The van der Waals surface area contributed by atoms with Gasteiger partial charge in [-0.2, -0.15) is 13.2 Å². The van der Waals surface area contributed by atoms with Gasteiger partial charge >= 0.3 is 6.18 Å². The minimum Gasteiger partial charge on any atom is -0.338 e. The Morgan fingerprint density at radius 2 is 2.12 bits per heavy atom. The van der Waals surface area contributed by atoms with Crippen LogP contribution in [0, 0.1) is 5.92 Å². The standard InChI is InChI=1S/C18H23F3N4O/c1-11(2)25-15-5-4-13(8-14(15)23-17(25)18(19,20)21)16(26)24-7-6-12(10-24)9-22-3/h4-5,8,11-12,22H,6-7,9-10H2,1-3H3. The van der Waals surface area contributed by atoms with E-state index in [2.05, 4.69) is 10.3 Å². The van der Waals surface area contributed by atoms with Crippen molar-refractivity contribution in [2.45, 2.75) is 32.5 Å². The number of benzene rings is 1. The van der Waals surface area contributed by atoms with Crippen molar-refractivity contribution in [3.8, 4) is 0 Å². The number of imidazole rings is 1. The minimum atomic E-state index is -4.54. The van der Waals surface area contributed by atoms with Gasteiger partial charge in [0, 0.05) is 24.7 Å². The molecule has 1 fully saturated rings. The Labute approximate surface area is 150 Å². The quantitative estimate of drug-likeness (QED) is 0.901. The van der Waals surface area contributed by atoms with Gasteiger partial charge in [-0.3, -0.25) is 4.79 Å². The minimum absolute atomic E-state index is 0.154. The van der Waals surface area contributed by atoms with E-state index in [0.717, 1.165) is 13.0 Å². The van der Waals surface area contributed by atoms with Crippen molar-refractivity contribution in [3.05, 3.63) is 29.6 Å². The van der Waals surface area contributed by atoms with Crippen molar-refractivity contribution in [2.24, 2.45) is 5.92 Å². The SMILES string of the molecule is CNCC1CCN(C(=O)c2ccc3c(c2)nc(C(F)(F)F)n3C(C)C)C1. The summed E-state index contributed by atoms with van der Waals surface area (Å²) in [5, 5.41) is 3.11. The summed E-state index contributed by atoms with van der Waals surface area (Å²) in [5.41, 5.74) is 0.964. The first-order chi connectivity index (χ1) is 12.2. The van der Waals surface area contributed by atoms with Crippen molar-refractivity contribution in [2.75, 3.05) is 26.7 Å². The van der Waals surface area contributed by atoms with Crippen LogP contribution in [0.25, 0.3) is 11.0 Å². The molecule has 0 bridgehead atoms. The Hall–Kier alpha value is -2.09. The van der Waals surface area contributed by atoms with Gasteiger partial charge in [-0.05, 0) is 58.0 Å². The van der Waals surface area contributed by atoms with E-state index < -0.39 is 12.0 Å². The lowest BCUT2D eigenvalue weighted by atomic mass is 10.1. The number of hydrogen-bond donors (Lipinski definition) is 1. The van der Waals surface area contributed by atoms with Gasteiger partial charge in [0.15, 0.2) is 0 Å². The molecule has 1 aromatic heterocycles. The van der Waals surface area contributed by atoms with Crippen LogP contribution in [0.4, 0.5) is 13.2 Å².